The number of rotatable bonds is 13. The van der Waals surface area contributed by atoms with E-state index >= 15 is 0 Å². The van der Waals surface area contributed by atoms with Crippen molar-refractivity contribution in [2.24, 2.45) is 5.92 Å². The Bertz CT molecular complexity index is 522. The number of hydrogen-bond donors (Lipinski definition) is 1. The molecule has 6 heteroatoms. The van der Waals surface area contributed by atoms with Gasteiger partial charge in [0.15, 0.2) is 0 Å². The quantitative estimate of drug-likeness (QED) is 0.420. The fourth-order valence-corrected chi connectivity index (χ4v) is 3.09. The Morgan fingerprint density at radius 1 is 1.15 bits per heavy atom. The SMILES string of the molecule is C[C@@H](CC[S+](C)C)C(=O)CCCOCCNC(=O)OCc1ccccc1. The number of nitrogens with one attached hydrogen (secondary N) is 1. The van der Waals surface area contributed by atoms with Crippen LogP contribution in [-0.2, 0) is 31.8 Å². The zero-order valence-electron chi connectivity index (χ0n) is 16.2. The summed E-state index contributed by atoms with van der Waals surface area (Å²) in [5.74, 6) is 1.59. The Kier molecular flexibility index (Phi) is 11.8. The number of carbonyl (C=O) groups is 2. The Morgan fingerprint density at radius 3 is 2.58 bits per heavy atom. The zero-order valence-corrected chi connectivity index (χ0v) is 17.0. The Labute approximate surface area is 160 Å². The van der Waals surface area contributed by atoms with E-state index in [0.29, 0.717) is 42.9 Å². The molecule has 1 aromatic rings. The van der Waals surface area contributed by atoms with Crippen molar-refractivity contribution in [3.05, 3.63) is 35.9 Å². The van der Waals surface area contributed by atoms with E-state index < -0.39 is 6.09 Å². The Morgan fingerprint density at radius 2 is 1.88 bits per heavy atom. The number of ketones is 1. The second-order valence-electron chi connectivity index (χ2n) is 6.55. The van der Waals surface area contributed by atoms with Gasteiger partial charge in [0.1, 0.15) is 18.1 Å². The standard InChI is InChI=1S/C20H31NO4S/c1-17(11-15-26(2)3)19(22)10-7-13-24-14-12-21-20(23)25-16-18-8-5-4-6-9-18/h4-6,8-9,17H,7,10-16H2,1-3H3/p+1/t17-/m0/s1. The summed E-state index contributed by atoms with van der Waals surface area (Å²) < 4.78 is 10.6. The minimum atomic E-state index is -0.452. The summed E-state index contributed by atoms with van der Waals surface area (Å²) in [4.78, 5) is 23.5. The van der Waals surface area contributed by atoms with Gasteiger partial charge in [0, 0.05) is 31.9 Å². The van der Waals surface area contributed by atoms with Crippen molar-refractivity contribution in [3.8, 4) is 0 Å². The maximum absolute atomic E-state index is 12.0. The molecule has 26 heavy (non-hydrogen) atoms. The van der Waals surface area contributed by atoms with Crippen LogP contribution < -0.4 is 5.32 Å². The third-order valence-corrected chi connectivity index (χ3v) is 5.00. The Balaban J connectivity index is 1.97. The van der Waals surface area contributed by atoms with E-state index in [4.69, 9.17) is 9.47 Å². The van der Waals surface area contributed by atoms with Gasteiger partial charge in [-0.3, -0.25) is 4.79 Å². The molecule has 0 aromatic heterocycles. The number of hydrogen-bond acceptors (Lipinski definition) is 4. The lowest BCUT2D eigenvalue weighted by Crippen LogP contribution is -2.28. The van der Waals surface area contributed by atoms with E-state index in [1.807, 2.05) is 37.3 Å². The number of Topliss-reactive ketones (excluding diaryl/α,β-unsaturated/α-hetero) is 1. The van der Waals surface area contributed by atoms with Crippen molar-refractivity contribution in [1.29, 1.82) is 0 Å². The fourth-order valence-electron chi connectivity index (χ4n) is 2.27. The summed E-state index contributed by atoms with van der Waals surface area (Å²) in [6, 6.07) is 9.53. The lowest BCUT2D eigenvalue weighted by Gasteiger charge is -2.10. The maximum atomic E-state index is 12.0. The molecule has 1 atom stereocenters. The van der Waals surface area contributed by atoms with Crippen molar-refractivity contribution in [3.63, 3.8) is 0 Å². The summed E-state index contributed by atoms with van der Waals surface area (Å²) >= 11 is 0. The molecule has 0 unspecified atom stereocenters. The van der Waals surface area contributed by atoms with Crippen LogP contribution in [-0.4, -0.2) is 49.9 Å². The first-order chi connectivity index (χ1) is 12.5. The fraction of sp³-hybridized carbons (Fsp3) is 0.600. The summed E-state index contributed by atoms with van der Waals surface area (Å²) in [6.45, 7) is 3.61. The number of alkyl carbamates (subject to hydrolysis) is 1. The van der Waals surface area contributed by atoms with E-state index in [1.165, 1.54) is 0 Å². The number of carbonyl (C=O) groups excluding carboxylic acids is 2. The highest BCUT2D eigenvalue weighted by Crippen LogP contribution is 2.09. The van der Waals surface area contributed by atoms with Gasteiger partial charge in [0.25, 0.3) is 0 Å². The second kappa shape index (κ2) is 13.6. The van der Waals surface area contributed by atoms with Crippen LogP contribution in [0.5, 0.6) is 0 Å². The lowest BCUT2D eigenvalue weighted by atomic mass is 10.00. The predicted molar refractivity (Wildman–Crippen MR) is 108 cm³/mol. The highest BCUT2D eigenvalue weighted by atomic mass is 32.2. The minimum absolute atomic E-state index is 0.144. The van der Waals surface area contributed by atoms with Crippen molar-refractivity contribution in [2.75, 3.05) is 38.0 Å². The zero-order chi connectivity index (χ0) is 19.2. The second-order valence-corrected chi connectivity index (χ2v) is 8.93. The van der Waals surface area contributed by atoms with E-state index in [1.54, 1.807) is 0 Å². The molecule has 0 radical (unpaired) electrons. The summed E-state index contributed by atoms with van der Waals surface area (Å²) in [5, 5.41) is 2.65. The average molecular weight is 383 g/mol. The Hall–Kier alpha value is -1.53. The van der Waals surface area contributed by atoms with Gasteiger partial charge in [0.05, 0.1) is 19.1 Å². The first kappa shape index (κ1) is 22.5. The number of ether oxygens (including phenoxy) is 2. The van der Waals surface area contributed by atoms with Gasteiger partial charge >= 0.3 is 6.09 Å². The monoisotopic (exact) mass is 382 g/mol. The highest BCUT2D eigenvalue weighted by molar-refractivity contribution is 7.95. The van der Waals surface area contributed by atoms with Crippen LogP contribution >= 0.6 is 0 Å². The van der Waals surface area contributed by atoms with Gasteiger partial charge in [-0.25, -0.2) is 4.79 Å². The summed E-state index contributed by atoms with van der Waals surface area (Å²) in [6.07, 6.45) is 6.23. The third-order valence-electron chi connectivity index (χ3n) is 3.95. The van der Waals surface area contributed by atoms with Crippen LogP contribution in [0.25, 0.3) is 0 Å². The molecule has 0 aliphatic heterocycles. The molecule has 1 N–H and O–H groups in total. The molecule has 0 spiro atoms. The van der Waals surface area contributed by atoms with E-state index in [2.05, 4.69) is 17.8 Å². The van der Waals surface area contributed by atoms with Gasteiger partial charge in [-0.2, -0.15) is 0 Å². The van der Waals surface area contributed by atoms with Gasteiger partial charge < -0.3 is 14.8 Å². The van der Waals surface area contributed by atoms with E-state index in [-0.39, 0.29) is 12.5 Å². The van der Waals surface area contributed by atoms with Crippen molar-refractivity contribution in [2.45, 2.75) is 32.8 Å². The molecule has 0 fully saturated rings. The number of amides is 1. The van der Waals surface area contributed by atoms with Gasteiger partial charge in [-0.1, -0.05) is 37.3 Å². The summed E-state index contributed by atoms with van der Waals surface area (Å²) in [7, 11) is 0.398. The van der Waals surface area contributed by atoms with Crippen LogP contribution in [0.3, 0.4) is 0 Å². The van der Waals surface area contributed by atoms with Crippen LogP contribution in [0.15, 0.2) is 30.3 Å². The third kappa shape index (κ3) is 11.2. The molecule has 1 rings (SSSR count). The minimum Gasteiger partial charge on any atom is -0.445 e. The van der Waals surface area contributed by atoms with Crippen LogP contribution in [0.2, 0.25) is 0 Å². The van der Waals surface area contributed by atoms with Gasteiger partial charge in [0.2, 0.25) is 0 Å². The molecule has 5 nitrogen and oxygen atoms in total. The first-order valence-electron chi connectivity index (χ1n) is 9.08. The molecule has 0 aliphatic carbocycles. The molecule has 146 valence electrons. The molecule has 0 saturated heterocycles. The van der Waals surface area contributed by atoms with Crippen LogP contribution in [0.4, 0.5) is 4.79 Å². The van der Waals surface area contributed by atoms with E-state index in [9.17, 15) is 9.59 Å². The molecule has 0 bridgehead atoms. The largest absolute Gasteiger partial charge is 0.445 e. The van der Waals surface area contributed by atoms with Crippen molar-refractivity contribution < 1.29 is 19.1 Å². The molecule has 0 aliphatic rings. The highest BCUT2D eigenvalue weighted by Gasteiger charge is 2.15. The van der Waals surface area contributed by atoms with Crippen molar-refractivity contribution in [1.82, 2.24) is 5.32 Å². The molecule has 0 heterocycles. The normalized spacial score (nSPS) is 12.0. The molecule has 0 saturated carbocycles. The number of benzene rings is 1. The topological polar surface area (TPSA) is 64.6 Å². The molecule has 1 aromatic carbocycles. The summed E-state index contributed by atoms with van der Waals surface area (Å²) in [5.41, 5.74) is 0.951. The van der Waals surface area contributed by atoms with Crippen LogP contribution in [0, 0.1) is 5.92 Å². The van der Waals surface area contributed by atoms with Gasteiger partial charge in [-0.15, -0.1) is 0 Å². The molecule has 1 amide bonds. The van der Waals surface area contributed by atoms with Gasteiger partial charge in [-0.05, 0) is 22.9 Å². The lowest BCUT2D eigenvalue weighted by molar-refractivity contribution is -0.122. The van der Waals surface area contributed by atoms with Crippen LogP contribution in [0.1, 0.15) is 31.7 Å². The molecular weight excluding hydrogens is 350 g/mol. The first-order valence-corrected chi connectivity index (χ1v) is 11.3. The molecular formula is C20H32NO4S+. The average Bonchev–Trinajstić information content (AvgIpc) is 2.64. The van der Waals surface area contributed by atoms with E-state index in [0.717, 1.165) is 24.2 Å². The van der Waals surface area contributed by atoms with Crippen molar-refractivity contribution >= 4 is 22.8 Å². The smallest absolute Gasteiger partial charge is 0.407 e. The maximum Gasteiger partial charge on any atom is 0.407 e. The predicted octanol–water partition coefficient (Wildman–Crippen LogP) is 3.18.